The zero-order chi connectivity index (χ0) is 24.7. The van der Waals surface area contributed by atoms with E-state index in [0.29, 0.717) is 36.0 Å². The lowest BCUT2D eigenvalue weighted by Gasteiger charge is -2.26. The number of aromatic nitrogens is 1. The van der Waals surface area contributed by atoms with E-state index in [0.717, 1.165) is 16.0 Å². The van der Waals surface area contributed by atoms with Crippen molar-refractivity contribution in [1.29, 1.82) is 0 Å². The van der Waals surface area contributed by atoms with Crippen LogP contribution in [0.3, 0.4) is 0 Å². The minimum absolute atomic E-state index is 0.000986. The van der Waals surface area contributed by atoms with Crippen LogP contribution >= 0.6 is 11.6 Å². The first-order chi connectivity index (χ1) is 16.8. The van der Waals surface area contributed by atoms with Crippen LogP contribution in [0.5, 0.6) is 0 Å². The summed E-state index contributed by atoms with van der Waals surface area (Å²) in [6.45, 7) is 0.802. The number of nitrogens with zero attached hydrogens (tertiary/aromatic N) is 4. The van der Waals surface area contributed by atoms with E-state index >= 15 is 0 Å². The number of rotatable bonds is 6. The zero-order valence-corrected chi connectivity index (χ0v) is 19.2. The second-order valence-electron chi connectivity index (χ2n) is 8.33. The maximum absolute atomic E-state index is 12.8. The lowest BCUT2D eigenvalue weighted by Crippen LogP contribution is -2.37. The largest absolute Gasteiger partial charge is 0.356 e. The summed E-state index contributed by atoms with van der Waals surface area (Å²) in [7, 11) is 0. The summed E-state index contributed by atoms with van der Waals surface area (Å²) in [5.74, 6) is -0.747. The molecule has 2 aliphatic rings. The SMILES string of the molecule is O=C(CCCN1C(=O)c2cccc([N+](=O)[O-])c2C1=O)N1CCc2c(noc2-c2ccc(Cl)cc2)C1. The summed E-state index contributed by atoms with van der Waals surface area (Å²) >= 11 is 5.95. The van der Waals surface area contributed by atoms with Crippen LogP contribution in [0.25, 0.3) is 11.3 Å². The maximum Gasteiger partial charge on any atom is 0.282 e. The molecule has 3 heterocycles. The van der Waals surface area contributed by atoms with Gasteiger partial charge in [0, 0.05) is 41.7 Å². The normalized spacial score (nSPS) is 14.8. The molecule has 1 aromatic heterocycles. The van der Waals surface area contributed by atoms with Crippen molar-refractivity contribution in [2.24, 2.45) is 0 Å². The monoisotopic (exact) mass is 494 g/mol. The van der Waals surface area contributed by atoms with Crippen molar-refractivity contribution < 1.29 is 23.8 Å². The molecule has 0 atom stereocenters. The van der Waals surface area contributed by atoms with Crippen LogP contribution < -0.4 is 0 Å². The van der Waals surface area contributed by atoms with Crippen molar-refractivity contribution in [1.82, 2.24) is 15.0 Å². The van der Waals surface area contributed by atoms with Gasteiger partial charge in [0.2, 0.25) is 5.91 Å². The number of amides is 3. The van der Waals surface area contributed by atoms with Crippen LogP contribution in [0, 0.1) is 10.1 Å². The van der Waals surface area contributed by atoms with Crippen LogP contribution in [-0.4, -0.2) is 50.7 Å². The summed E-state index contributed by atoms with van der Waals surface area (Å²) in [6.07, 6.45) is 0.952. The molecule has 35 heavy (non-hydrogen) atoms. The Hall–Kier alpha value is -4.05. The number of fused-ring (bicyclic) bond motifs is 2. The van der Waals surface area contributed by atoms with Crippen LogP contribution in [0.2, 0.25) is 5.02 Å². The summed E-state index contributed by atoms with van der Waals surface area (Å²) in [5.41, 5.74) is 1.95. The Bertz CT molecular complexity index is 1370. The second-order valence-corrected chi connectivity index (χ2v) is 8.77. The number of benzene rings is 2. The van der Waals surface area contributed by atoms with E-state index in [2.05, 4.69) is 5.16 Å². The molecular weight excluding hydrogens is 476 g/mol. The standard InChI is InChI=1S/C24H19ClN4O6/c25-15-8-6-14(7-9-15)22-16-10-12-27(13-18(16)26-35-22)20(30)5-2-11-28-23(31)17-3-1-4-19(29(33)34)21(17)24(28)32/h1,3-4,6-9H,2,5,10-13H2. The molecule has 0 spiro atoms. The van der Waals surface area contributed by atoms with Crippen molar-refractivity contribution in [3.05, 3.63) is 80.0 Å². The molecule has 10 nitrogen and oxygen atoms in total. The fraction of sp³-hybridized carbons (Fsp3) is 0.250. The van der Waals surface area contributed by atoms with Crippen molar-refractivity contribution >= 4 is 35.0 Å². The molecule has 2 aromatic carbocycles. The number of nitro benzene ring substituents is 1. The molecular formula is C24H19ClN4O6. The van der Waals surface area contributed by atoms with E-state index in [-0.39, 0.29) is 36.4 Å². The molecule has 0 saturated heterocycles. The quantitative estimate of drug-likeness (QED) is 0.289. The van der Waals surface area contributed by atoms with Gasteiger partial charge >= 0.3 is 0 Å². The van der Waals surface area contributed by atoms with E-state index in [1.54, 1.807) is 17.0 Å². The van der Waals surface area contributed by atoms with E-state index in [1.807, 2.05) is 12.1 Å². The lowest BCUT2D eigenvalue weighted by atomic mass is 10.0. The lowest BCUT2D eigenvalue weighted by molar-refractivity contribution is -0.385. The molecule has 3 amide bonds. The van der Waals surface area contributed by atoms with Gasteiger partial charge < -0.3 is 9.42 Å². The molecule has 5 rings (SSSR count). The molecule has 3 aromatic rings. The predicted octanol–water partition coefficient (Wildman–Crippen LogP) is 3.86. The first kappa shape index (κ1) is 22.7. The summed E-state index contributed by atoms with van der Waals surface area (Å²) in [4.78, 5) is 51.3. The molecule has 0 N–H and O–H groups in total. The van der Waals surface area contributed by atoms with E-state index in [9.17, 15) is 24.5 Å². The summed E-state index contributed by atoms with van der Waals surface area (Å²) in [5, 5.41) is 16.0. The third-order valence-electron chi connectivity index (χ3n) is 6.25. The third kappa shape index (κ3) is 4.06. The molecule has 178 valence electrons. The number of carbonyl (C=O) groups is 3. The number of halogens is 1. The van der Waals surface area contributed by atoms with Crippen LogP contribution in [0.1, 0.15) is 44.8 Å². The van der Waals surface area contributed by atoms with Gasteiger partial charge in [0.15, 0.2) is 5.76 Å². The number of carbonyl (C=O) groups excluding carboxylic acids is 3. The number of nitro groups is 1. The highest BCUT2D eigenvalue weighted by Crippen LogP contribution is 2.32. The van der Waals surface area contributed by atoms with Crippen molar-refractivity contribution in [3.8, 4) is 11.3 Å². The van der Waals surface area contributed by atoms with Gasteiger partial charge in [0.25, 0.3) is 17.5 Å². The minimum Gasteiger partial charge on any atom is -0.356 e. The molecule has 0 radical (unpaired) electrons. The Kier molecular flexibility index (Phi) is 5.81. The third-order valence-corrected chi connectivity index (χ3v) is 6.50. The first-order valence-electron chi connectivity index (χ1n) is 11.0. The van der Waals surface area contributed by atoms with E-state index < -0.39 is 22.4 Å². The molecule has 2 aliphatic heterocycles. The zero-order valence-electron chi connectivity index (χ0n) is 18.4. The Balaban J connectivity index is 1.20. The van der Waals surface area contributed by atoms with Gasteiger partial charge in [-0.2, -0.15) is 0 Å². The minimum atomic E-state index is -0.704. The van der Waals surface area contributed by atoms with Crippen molar-refractivity contribution in [2.45, 2.75) is 25.8 Å². The van der Waals surface area contributed by atoms with Crippen LogP contribution in [-0.2, 0) is 17.8 Å². The van der Waals surface area contributed by atoms with Gasteiger partial charge in [-0.3, -0.25) is 29.4 Å². The van der Waals surface area contributed by atoms with Gasteiger partial charge in [-0.25, -0.2) is 0 Å². The van der Waals surface area contributed by atoms with Crippen molar-refractivity contribution in [3.63, 3.8) is 0 Å². The van der Waals surface area contributed by atoms with Gasteiger partial charge in [-0.15, -0.1) is 0 Å². The highest BCUT2D eigenvalue weighted by Gasteiger charge is 2.40. The number of imide groups is 1. The van der Waals surface area contributed by atoms with Gasteiger partial charge in [-0.1, -0.05) is 22.8 Å². The number of hydrogen-bond acceptors (Lipinski definition) is 7. The summed E-state index contributed by atoms with van der Waals surface area (Å²) in [6, 6.07) is 11.2. The maximum atomic E-state index is 12.8. The number of hydrogen-bond donors (Lipinski definition) is 0. The molecule has 0 saturated carbocycles. The fourth-order valence-corrected chi connectivity index (χ4v) is 4.62. The van der Waals surface area contributed by atoms with Crippen LogP contribution in [0.15, 0.2) is 47.0 Å². The summed E-state index contributed by atoms with van der Waals surface area (Å²) < 4.78 is 5.54. The highest BCUT2D eigenvalue weighted by molar-refractivity contribution is 6.30. The van der Waals surface area contributed by atoms with E-state index in [4.69, 9.17) is 16.1 Å². The molecule has 0 unspecified atom stereocenters. The fourth-order valence-electron chi connectivity index (χ4n) is 4.49. The van der Waals surface area contributed by atoms with Crippen LogP contribution in [0.4, 0.5) is 5.69 Å². The van der Waals surface area contributed by atoms with E-state index in [1.165, 1.54) is 18.2 Å². The average molecular weight is 495 g/mol. The van der Waals surface area contributed by atoms with Gasteiger partial charge in [0.05, 0.1) is 17.0 Å². The first-order valence-corrected chi connectivity index (χ1v) is 11.4. The Morgan fingerprint density at radius 3 is 2.66 bits per heavy atom. The Morgan fingerprint density at radius 1 is 1.14 bits per heavy atom. The second kappa shape index (κ2) is 8.95. The molecule has 0 fully saturated rings. The predicted molar refractivity (Wildman–Crippen MR) is 124 cm³/mol. The smallest absolute Gasteiger partial charge is 0.282 e. The van der Waals surface area contributed by atoms with Gasteiger partial charge in [-0.05, 0) is 43.2 Å². The topological polar surface area (TPSA) is 127 Å². The Morgan fingerprint density at radius 2 is 1.91 bits per heavy atom. The highest BCUT2D eigenvalue weighted by atomic mass is 35.5. The average Bonchev–Trinajstić information content (AvgIpc) is 3.38. The molecule has 11 heteroatoms. The molecule has 0 aliphatic carbocycles. The molecule has 0 bridgehead atoms. The Labute approximate surface area is 204 Å². The van der Waals surface area contributed by atoms with Crippen molar-refractivity contribution in [2.75, 3.05) is 13.1 Å². The van der Waals surface area contributed by atoms with Gasteiger partial charge in [0.1, 0.15) is 11.3 Å².